The molecule has 5 nitrogen and oxygen atoms in total. The molecule has 0 spiro atoms. The second kappa shape index (κ2) is 7.40. The van der Waals surface area contributed by atoms with Crippen LogP contribution in [0.3, 0.4) is 0 Å². The van der Waals surface area contributed by atoms with E-state index in [0.29, 0.717) is 0 Å². The Morgan fingerprint density at radius 1 is 1.38 bits per heavy atom. The summed E-state index contributed by atoms with van der Waals surface area (Å²) >= 11 is 0.970. The van der Waals surface area contributed by atoms with Crippen molar-refractivity contribution in [3.05, 3.63) is 22.4 Å². The van der Waals surface area contributed by atoms with Crippen LogP contribution < -0.4 is 5.32 Å². The van der Waals surface area contributed by atoms with Crippen molar-refractivity contribution in [3.8, 4) is 0 Å². The van der Waals surface area contributed by atoms with Gasteiger partial charge in [0.05, 0.1) is 18.1 Å². The van der Waals surface area contributed by atoms with Crippen molar-refractivity contribution >= 4 is 24.8 Å². The zero-order chi connectivity index (χ0) is 16.1. The van der Waals surface area contributed by atoms with E-state index in [0.717, 1.165) is 11.3 Å². The van der Waals surface area contributed by atoms with Gasteiger partial charge in [0.15, 0.2) is 0 Å². The molecule has 10 heteroatoms. The third kappa shape index (κ3) is 4.81. The molecule has 0 aliphatic rings. The van der Waals surface area contributed by atoms with Gasteiger partial charge in [-0.2, -0.15) is 13.2 Å². The highest BCUT2D eigenvalue weighted by molar-refractivity contribution is 7.54. The molecule has 1 aromatic heterocycles. The molecule has 1 N–H and O–H groups in total. The van der Waals surface area contributed by atoms with E-state index in [2.05, 4.69) is 9.05 Å². The lowest BCUT2D eigenvalue weighted by Crippen LogP contribution is -2.45. The van der Waals surface area contributed by atoms with Gasteiger partial charge in [-0.25, -0.2) is 0 Å². The number of carbonyl (C=O) groups is 1. The largest absolute Gasteiger partial charge is 0.420 e. The first-order valence-corrected chi connectivity index (χ1v) is 8.53. The van der Waals surface area contributed by atoms with Gasteiger partial charge in [0.2, 0.25) is 5.78 Å². The van der Waals surface area contributed by atoms with Crippen LogP contribution in [0.4, 0.5) is 13.2 Å². The average Bonchev–Trinajstić information content (AvgIpc) is 2.88. The minimum absolute atomic E-state index is 0.0730. The normalized spacial score (nSPS) is 14.0. The highest BCUT2D eigenvalue weighted by Crippen LogP contribution is 2.56. The van der Waals surface area contributed by atoms with Gasteiger partial charge in [-0.3, -0.25) is 9.36 Å². The molecule has 0 aliphatic heterocycles. The SMILES string of the molecule is CCOP(=O)(OCC)[C@H](NC(=O)c1cccs1)C(F)(F)F. The van der Waals surface area contributed by atoms with Gasteiger partial charge in [-0.1, -0.05) is 6.07 Å². The molecule has 0 aromatic carbocycles. The number of alkyl halides is 3. The van der Waals surface area contributed by atoms with Gasteiger partial charge in [0, 0.05) is 0 Å². The topological polar surface area (TPSA) is 64.6 Å². The van der Waals surface area contributed by atoms with Crippen molar-refractivity contribution in [2.45, 2.75) is 25.8 Å². The van der Waals surface area contributed by atoms with E-state index in [-0.39, 0.29) is 18.1 Å². The van der Waals surface area contributed by atoms with Crippen molar-refractivity contribution < 1.29 is 31.6 Å². The zero-order valence-electron chi connectivity index (χ0n) is 11.3. The fourth-order valence-corrected chi connectivity index (χ4v) is 3.84. The number of carbonyl (C=O) groups excluding carboxylic acids is 1. The molecule has 120 valence electrons. The maximum Gasteiger partial charge on any atom is 0.420 e. The standard InChI is InChI=1S/C11H15F3NO4PS/c1-3-18-20(17,19-4-2)10(11(12,13)14)15-9(16)8-6-5-7-21-8/h5-7,10H,3-4H2,1-2H3,(H,15,16)/t10-/m0/s1. The minimum Gasteiger partial charge on any atom is -0.330 e. The van der Waals surface area contributed by atoms with Crippen LogP contribution in [0.5, 0.6) is 0 Å². The Morgan fingerprint density at radius 2 is 1.95 bits per heavy atom. The summed E-state index contributed by atoms with van der Waals surface area (Å²) in [5, 5.41) is 3.25. The summed E-state index contributed by atoms with van der Waals surface area (Å²) in [4.78, 5) is 11.9. The quantitative estimate of drug-likeness (QED) is 0.767. The maximum atomic E-state index is 13.1. The third-order valence-electron chi connectivity index (χ3n) is 2.26. The number of amides is 1. The van der Waals surface area contributed by atoms with Crippen LogP contribution in [0.1, 0.15) is 23.5 Å². The van der Waals surface area contributed by atoms with Crippen LogP contribution in [-0.2, 0) is 13.6 Å². The Kier molecular flexibility index (Phi) is 6.40. The number of rotatable bonds is 7. The number of thiophene rings is 1. The Bertz CT molecular complexity index is 496. The first kappa shape index (κ1) is 18.2. The molecule has 1 aromatic rings. The first-order chi connectivity index (χ1) is 9.74. The van der Waals surface area contributed by atoms with E-state index in [1.54, 1.807) is 10.7 Å². The van der Waals surface area contributed by atoms with Gasteiger partial charge in [0.1, 0.15) is 0 Å². The average molecular weight is 345 g/mol. The molecule has 0 bridgehead atoms. The van der Waals surface area contributed by atoms with Crippen LogP contribution in [0.25, 0.3) is 0 Å². The van der Waals surface area contributed by atoms with Gasteiger partial charge in [-0.15, -0.1) is 11.3 Å². The lowest BCUT2D eigenvalue weighted by Gasteiger charge is -2.28. The van der Waals surface area contributed by atoms with E-state index in [9.17, 15) is 22.5 Å². The molecule has 1 atom stereocenters. The predicted molar refractivity (Wildman–Crippen MR) is 72.5 cm³/mol. The summed E-state index contributed by atoms with van der Waals surface area (Å²) in [6.45, 7) is 2.30. The summed E-state index contributed by atoms with van der Waals surface area (Å²) in [5.74, 6) is -3.69. The summed E-state index contributed by atoms with van der Waals surface area (Å²) in [7, 11) is -4.56. The van der Waals surface area contributed by atoms with E-state index >= 15 is 0 Å². The molecule has 1 amide bonds. The van der Waals surface area contributed by atoms with Crippen LogP contribution >= 0.6 is 18.9 Å². The zero-order valence-corrected chi connectivity index (χ0v) is 13.1. The van der Waals surface area contributed by atoms with Crippen LogP contribution in [0.15, 0.2) is 17.5 Å². The second-order valence-electron chi connectivity index (χ2n) is 3.77. The molecule has 0 saturated carbocycles. The Balaban J connectivity index is 3.05. The predicted octanol–water partition coefficient (Wildman–Crippen LogP) is 3.63. The fraction of sp³-hybridized carbons (Fsp3) is 0.545. The molecule has 1 rings (SSSR count). The summed E-state index contributed by atoms with van der Waals surface area (Å²) in [6, 6.07) is 2.88. The minimum atomic E-state index is -4.97. The monoisotopic (exact) mass is 345 g/mol. The van der Waals surface area contributed by atoms with Crippen molar-refractivity contribution in [2.24, 2.45) is 0 Å². The number of halogens is 3. The molecule has 1 heterocycles. The summed E-state index contributed by atoms with van der Waals surface area (Å²) in [6.07, 6.45) is -4.97. The van der Waals surface area contributed by atoms with E-state index in [1.165, 1.54) is 26.0 Å². The number of nitrogens with one attached hydrogen (secondary N) is 1. The van der Waals surface area contributed by atoms with Crippen LogP contribution in [-0.4, -0.2) is 31.1 Å². The third-order valence-corrected chi connectivity index (χ3v) is 5.42. The Labute approximate surface area is 124 Å². The fourth-order valence-electron chi connectivity index (χ4n) is 1.49. The van der Waals surface area contributed by atoms with Gasteiger partial charge in [0.25, 0.3) is 5.91 Å². The molecule has 0 saturated heterocycles. The number of hydrogen-bond donors (Lipinski definition) is 1. The smallest absolute Gasteiger partial charge is 0.330 e. The molecule has 0 unspecified atom stereocenters. The van der Waals surface area contributed by atoms with E-state index in [4.69, 9.17) is 0 Å². The van der Waals surface area contributed by atoms with E-state index in [1.807, 2.05) is 0 Å². The van der Waals surface area contributed by atoms with Crippen molar-refractivity contribution in [2.75, 3.05) is 13.2 Å². The Hall–Kier alpha value is -0.890. The highest BCUT2D eigenvalue weighted by atomic mass is 32.1. The lowest BCUT2D eigenvalue weighted by atomic mass is 10.4. The van der Waals surface area contributed by atoms with Crippen molar-refractivity contribution in [3.63, 3.8) is 0 Å². The first-order valence-electron chi connectivity index (χ1n) is 6.04. The van der Waals surface area contributed by atoms with Crippen LogP contribution in [0.2, 0.25) is 0 Å². The molecule has 0 aliphatic carbocycles. The van der Waals surface area contributed by atoms with E-state index < -0.39 is 25.5 Å². The second-order valence-corrected chi connectivity index (χ2v) is 6.83. The maximum absolute atomic E-state index is 13.1. The van der Waals surface area contributed by atoms with Crippen molar-refractivity contribution in [1.82, 2.24) is 5.32 Å². The molecular formula is C11H15F3NO4PS. The molecule has 0 fully saturated rings. The van der Waals surface area contributed by atoms with Gasteiger partial charge in [-0.05, 0) is 25.3 Å². The Morgan fingerprint density at radius 3 is 2.33 bits per heavy atom. The van der Waals surface area contributed by atoms with Gasteiger partial charge >= 0.3 is 13.8 Å². The highest BCUT2D eigenvalue weighted by Gasteiger charge is 2.55. The number of hydrogen-bond acceptors (Lipinski definition) is 5. The molecule has 21 heavy (non-hydrogen) atoms. The summed E-state index contributed by atoms with van der Waals surface area (Å²) in [5.41, 5.74) is 0. The summed E-state index contributed by atoms with van der Waals surface area (Å²) < 4.78 is 61.0. The lowest BCUT2D eigenvalue weighted by molar-refractivity contribution is -0.139. The van der Waals surface area contributed by atoms with Gasteiger partial charge < -0.3 is 14.4 Å². The van der Waals surface area contributed by atoms with Crippen molar-refractivity contribution in [1.29, 1.82) is 0 Å². The molecule has 0 radical (unpaired) electrons. The van der Waals surface area contributed by atoms with Crippen LogP contribution in [0, 0.1) is 0 Å². The molecular weight excluding hydrogens is 330 g/mol.